The van der Waals surface area contributed by atoms with Crippen LogP contribution in [0.5, 0.6) is 17.2 Å². The van der Waals surface area contributed by atoms with Gasteiger partial charge >= 0.3 is 5.97 Å². The number of methoxy groups -OCH3 is 3. The number of aliphatic hydroxyl groups excluding tert-OH is 1. The normalized spacial score (nSPS) is 16.6. The number of nitrogens with one attached hydrogen (secondary N) is 1. The molecule has 11 heteroatoms. The van der Waals surface area contributed by atoms with E-state index in [9.17, 15) is 19.5 Å². The van der Waals surface area contributed by atoms with Gasteiger partial charge in [-0.3, -0.25) is 9.59 Å². The van der Waals surface area contributed by atoms with Gasteiger partial charge in [-0.2, -0.15) is 0 Å². The molecule has 0 radical (unpaired) electrons. The standard InChI is InChI=1S/C28H37N3O8/c1-9-39-28(35)22-15(2)20(16(3)29-22)24(32)21-23(31(27(34)25(21)33)12-10-11-30(4)5)17-13-18(36-6)26(38-8)19(14-17)37-7/h13-14,23,29,32H,9-12H2,1-8H3/b24-21+/t23-/m1/s1. The van der Waals surface area contributed by atoms with E-state index in [0.717, 1.165) is 0 Å². The number of esters is 1. The zero-order valence-corrected chi connectivity index (χ0v) is 23.8. The molecule has 1 atom stereocenters. The van der Waals surface area contributed by atoms with Crippen molar-refractivity contribution in [2.24, 2.45) is 0 Å². The maximum absolute atomic E-state index is 13.5. The molecule has 0 saturated carbocycles. The van der Waals surface area contributed by atoms with E-state index >= 15 is 0 Å². The third-order valence-electron chi connectivity index (χ3n) is 6.70. The molecule has 1 aromatic carbocycles. The van der Waals surface area contributed by atoms with Crippen LogP contribution in [0.1, 0.15) is 52.3 Å². The van der Waals surface area contributed by atoms with Crippen molar-refractivity contribution < 1.29 is 38.4 Å². The fourth-order valence-corrected chi connectivity index (χ4v) is 4.92. The lowest BCUT2D eigenvalue weighted by Crippen LogP contribution is -2.32. The van der Waals surface area contributed by atoms with Crippen LogP contribution in [-0.4, -0.2) is 92.7 Å². The SMILES string of the molecule is CCOC(=O)c1[nH]c(C)c(/C(O)=C2\C(=O)C(=O)N(CCCN(C)C)[C@@H]2c2cc(OC)c(OC)c(OC)c2)c1C. The Kier molecular flexibility index (Phi) is 9.28. The molecule has 0 bridgehead atoms. The number of aromatic nitrogens is 1. The Bertz CT molecular complexity index is 1270. The quantitative estimate of drug-likeness (QED) is 0.190. The molecule has 2 aromatic rings. The summed E-state index contributed by atoms with van der Waals surface area (Å²) in [4.78, 5) is 45.7. The summed E-state index contributed by atoms with van der Waals surface area (Å²) in [6.45, 7) is 6.14. The number of aryl methyl sites for hydroxylation is 1. The molecule has 212 valence electrons. The van der Waals surface area contributed by atoms with E-state index in [1.807, 2.05) is 19.0 Å². The van der Waals surface area contributed by atoms with Crippen molar-refractivity contribution in [2.45, 2.75) is 33.2 Å². The van der Waals surface area contributed by atoms with Gasteiger partial charge in [-0.25, -0.2) is 4.79 Å². The van der Waals surface area contributed by atoms with Gasteiger partial charge in [-0.1, -0.05) is 0 Å². The average Bonchev–Trinajstić information content (AvgIpc) is 3.34. The second kappa shape index (κ2) is 12.2. The molecule has 1 amide bonds. The van der Waals surface area contributed by atoms with Crippen molar-refractivity contribution in [2.75, 3.05) is 55.1 Å². The molecule has 0 unspecified atom stereocenters. The van der Waals surface area contributed by atoms with E-state index in [1.54, 1.807) is 32.9 Å². The Labute approximate surface area is 228 Å². The summed E-state index contributed by atoms with van der Waals surface area (Å²) in [5.74, 6) is -1.50. The number of hydrogen-bond donors (Lipinski definition) is 2. The highest BCUT2D eigenvalue weighted by Gasteiger charge is 2.47. The molecule has 0 aliphatic carbocycles. The number of rotatable bonds is 11. The predicted octanol–water partition coefficient (Wildman–Crippen LogP) is 3.21. The molecule has 1 aliphatic heterocycles. The van der Waals surface area contributed by atoms with Crippen LogP contribution in [-0.2, 0) is 14.3 Å². The highest BCUT2D eigenvalue weighted by molar-refractivity contribution is 6.46. The molecule has 39 heavy (non-hydrogen) atoms. The number of likely N-dealkylation sites (tertiary alicyclic amines) is 1. The number of nitrogens with zero attached hydrogens (tertiary/aromatic N) is 2. The Hall–Kier alpha value is -3.99. The van der Waals surface area contributed by atoms with Crippen LogP contribution in [0.4, 0.5) is 0 Å². The summed E-state index contributed by atoms with van der Waals surface area (Å²) in [6.07, 6.45) is 0.593. The molecule has 1 fully saturated rings. The van der Waals surface area contributed by atoms with E-state index in [2.05, 4.69) is 4.98 Å². The molecular weight excluding hydrogens is 506 g/mol. The lowest BCUT2D eigenvalue weighted by atomic mass is 9.93. The predicted molar refractivity (Wildman–Crippen MR) is 145 cm³/mol. The third-order valence-corrected chi connectivity index (χ3v) is 6.70. The van der Waals surface area contributed by atoms with Gasteiger partial charge in [0.05, 0.1) is 39.6 Å². The van der Waals surface area contributed by atoms with Crippen LogP contribution < -0.4 is 14.2 Å². The summed E-state index contributed by atoms with van der Waals surface area (Å²) in [7, 11) is 8.26. The summed E-state index contributed by atoms with van der Waals surface area (Å²) in [5.41, 5.74) is 1.69. The Balaban J connectivity index is 2.28. The second-order valence-corrected chi connectivity index (χ2v) is 9.45. The lowest BCUT2D eigenvalue weighted by Gasteiger charge is -2.27. The number of Topliss-reactive ketones (excluding diaryl/α,β-unsaturated/α-hetero) is 1. The maximum Gasteiger partial charge on any atom is 0.355 e. The molecule has 2 heterocycles. The number of carbonyl (C=O) groups is 3. The average molecular weight is 544 g/mol. The van der Waals surface area contributed by atoms with Gasteiger partial charge in [0.1, 0.15) is 11.5 Å². The number of amides is 1. The van der Waals surface area contributed by atoms with E-state index in [0.29, 0.717) is 47.0 Å². The minimum Gasteiger partial charge on any atom is -0.507 e. The fraction of sp³-hybridized carbons (Fsp3) is 0.464. The maximum atomic E-state index is 13.5. The number of benzene rings is 1. The largest absolute Gasteiger partial charge is 0.507 e. The van der Waals surface area contributed by atoms with Crippen LogP contribution >= 0.6 is 0 Å². The van der Waals surface area contributed by atoms with Gasteiger partial charge in [0.25, 0.3) is 11.7 Å². The molecule has 0 spiro atoms. The minimum absolute atomic E-state index is 0.0975. The smallest absolute Gasteiger partial charge is 0.355 e. The lowest BCUT2D eigenvalue weighted by molar-refractivity contribution is -0.139. The molecule has 1 aliphatic rings. The first kappa shape index (κ1) is 29.6. The monoisotopic (exact) mass is 543 g/mol. The van der Waals surface area contributed by atoms with Gasteiger partial charge in [0.15, 0.2) is 11.5 Å². The summed E-state index contributed by atoms with van der Waals surface area (Å²) >= 11 is 0. The van der Waals surface area contributed by atoms with Crippen molar-refractivity contribution in [1.82, 2.24) is 14.8 Å². The number of H-pyrrole nitrogens is 1. The Morgan fingerprint density at radius 3 is 2.21 bits per heavy atom. The van der Waals surface area contributed by atoms with E-state index < -0.39 is 23.7 Å². The van der Waals surface area contributed by atoms with Crippen LogP contribution in [0.3, 0.4) is 0 Å². The van der Waals surface area contributed by atoms with Crippen LogP contribution in [0, 0.1) is 13.8 Å². The fourth-order valence-electron chi connectivity index (χ4n) is 4.92. The summed E-state index contributed by atoms with van der Waals surface area (Å²) in [6, 6.07) is 2.37. The number of carbonyl (C=O) groups excluding carboxylic acids is 3. The first-order chi connectivity index (χ1) is 18.5. The number of aromatic amines is 1. The van der Waals surface area contributed by atoms with E-state index in [-0.39, 0.29) is 35.7 Å². The number of hydrogen-bond acceptors (Lipinski definition) is 9. The van der Waals surface area contributed by atoms with E-state index in [1.165, 1.54) is 26.2 Å². The van der Waals surface area contributed by atoms with Gasteiger partial charge in [0.2, 0.25) is 5.75 Å². The first-order valence-corrected chi connectivity index (χ1v) is 12.6. The second-order valence-electron chi connectivity index (χ2n) is 9.45. The van der Waals surface area contributed by atoms with Crippen molar-refractivity contribution in [1.29, 1.82) is 0 Å². The molecule has 2 N–H and O–H groups in total. The van der Waals surface area contributed by atoms with E-state index in [4.69, 9.17) is 18.9 Å². The minimum atomic E-state index is -0.944. The van der Waals surface area contributed by atoms with Crippen molar-refractivity contribution in [3.8, 4) is 17.2 Å². The zero-order chi connectivity index (χ0) is 29.0. The Morgan fingerprint density at radius 1 is 1.08 bits per heavy atom. The molecule has 3 rings (SSSR count). The van der Waals surface area contributed by atoms with Crippen molar-refractivity contribution in [3.05, 3.63) is 45.8 Å². The van der Waals surface area contributed by atoms with Crippen LogP contribution in [0.25, 0.3) is 5.76 Å². The van der Waals surface area contributed by atoms with Gasteiger partial charge < -0.3 is 38.8 Å². The van der Waals surface area contributed by atoms with Gasteiger partial charge in [-0.05, 0) is 71.1 Å². The number of ketones is 1. The first-order valence-electron chi connectivity index (χ1n) is 12.6. The van der Waals surface area contributed by atoms with Crippen molar-refractivity contribution >= 4 is 23.4 Å². The third kappa shape index (κ3) is 5.58. The number of aliphatic hydroxyl groups is 1. The van der Waals surface area contributed by atoms with Crippen molar-refractivity contribution in [3.63, 3.8) is 0 Å². The number of ether oxygens (including phenoxy) is 4. The van der Waals surface area contributed by atoms with Crippen LogP contribution in [0.2, 0.25) is 0 Å². The van der Waals surface area contributed by atoms with Crippen LogP contribution in [0.15, 0.2) is 17.7 Å². The molecule has 11 nitrogen and oxygen atoms in total. The topological polar surface area (TPSA) is 131 Å². The highest BCUT2D eigenvalue weighted by atomic mass is 16.5. The molecule has 1 aromatic heterocycles. The van der Waals surface area contributed by atoms with Gasteiger partial charge in [-0.15, -0.1) is 0 Å². The summed E-state index contributed by atoms with van der Waals surface area (Å²) in [5, 5.41) is 11.6. The van der Waals surface area contributed by atoms with Gasteiger partial charge in [0, 0.05) is 17.8 Å². The summed E-state index contributed by atoms with van der Waals surface area (Å²) < 4.78 is 21.6. The zero-order valence-electron chi connectivity index (χ0n) is 23.8. The molecular formula is C28H37N3O8. The Morgan fingerprint density at radius 2 is 1.69 bits per heavy atom. The molecule has 1 saturated heterocycles. The highest BCUT2D eigenvalue weighted by Crippen LogP contribution is 2.46.